The first-order valence-corrected chi connectivity index (χ1v) is 9.51. The van der Waals surface area contributed by atoms with E-state index < -0.39 is 30.8 Å². The Morgan fingerprint density at radius 1 is 0.950 bits per heavy atom. The first kappa shape index (κ1) is 25.3. The largest absolute Gasteiger partial charge is 0.361 e. The number of allylic oxidation sites excluding steroid dienone is 1. The van der Waals surface area contributed by atoms with Crippen molar-refractivity contribution in [1.29, 1.82) is 0 Å². The van der Waals surface area contributed by atoms with Crippen LogP contribution in [0, 0.1) is 0 Å². The van der Waals surface area contributed by atoms with Gasteiger partial charge in [0.25, 0.3) is 10.2 Å². The third-order valence-electron chi connectivity index (χ3n) is 0.545. The molecule has 1 unspecified atom stereocenters. The summed E-state index contributed by atoms with van der Waals surface area (Å²) in [4.78, 5) is 0. The van der Waals surface area contributed by atoms with Crippen molar-refractivity contribution in [3.63, 3.8) is 0 Å². The van der Waals surface area contributed by atoms with Gasteiger partial charge in [-0.3, -0.25) is 0 Å². The van der Waals surface area contributed by atoms with Crippen molar-refractivity contribution in [2.75, 3.05) is 5.75 Å². The minimum Gasteiger partial charge on any atom is -0.122 e. The lowest BCUT2D eigenvalue weighted by Gasteiger charge is -2.41. The van der Waals surface area contributed by atoms with Crippen molar-refractivity contribution in [2.24, 2.45) is 0 Å². The van der Waals surface area contributed by atoms with E-state index >= 15 is 0 Å². The van der Waals surface area contributed by atoms with Gasteiger partial charge in [-0.1, -0.05) is 44.9 Å². The standard InChI is InChI=1S/C3H6ClF5S.C3H6.ClF5S/c1-3(4)2-10(5,6,7,8)9;1-3-2;1-7(2,3,4,5)6/h3H,2H2,1H3;3H,1H2,2H3;. The molecule has 20 heavy (non-hydrogen) atoms. The Kier molecular flexibility index (Phi) is 6.57. The zero-order valence-corrected chi connectivity index (χ0v) is 13.1. The van der Waals surface area contributed by atoms with Gasteiger partial charge in [-0.05, 0) is 13.8 Å². The van der Waals surface area contributed by atoms with E-state index in [1.165, 1.54) is 0 Å². The van der Waals surface area contributed by atoms with Gasteiger partial charge in [0.15, 0.2) is 0 Å². The van der Waals surface area contributed by atoms with Crippen LogP contribution in [-0.4, -0.2) is 11.1 Å². The van der Waals surface area contributed by atoms with Gasteiger partial charge < -0.3 is 0 Å². The third-order valence-corrected chi connectivity index (χ3v) is 2.01. The van der Waals surface area contributed by atoms with Crippen LogP contribution in [0.5, 0.6) is 0 Å². The fourth-order valence-corrected chi connectivity index (χ4v) is 2.02. The second-order valence-electron chi connectivity index (χ2n) is 3.36. The average Bonchev–Trinajstić information content (AvgIpc) is 1.67. The molecular weight excluding hydrogens is 397 g/mol. The second-order valence-corrected chi connectivity index (χ2v) is 10.2. The van der Waals surface area contributed by atoms with Gasteiger partial charge in [-0.15, -0.1) is 18.2 Å². The maximum Gasteiger partial charge on any atom is 0.361 e. The third kappa shape index (κ3) is 103. The van der Waals surface area contributed by atoms with Crippen molar-refractivity contribution in [3.8, 4) is 0 Å². The van der Waals surface area contributed by atoms with Crippen molar-refractivity contribution in [1.82, 2.24) is 0 Å². The molecule has 1 atom stereocenters. The minimum absolute atomic E-state index is 0.874. The molecule has 0 aromatic rings. The second kappa shape index (κ2) is 5.20. The molecule has 0 spiro atoms. The van der Waals surface area contributed by atoms with E-state index in [4.69, 9.17) is 11.6 Å². The predicted octanol–water partition coefficient (Wildman–Crippen LogP) is 8.54. The van der Waals surface area contributed by atoms with Crippen LogP contribution in [0.2, 0.25) is 0 Å². The highest BCUT2D eigenvalue weighted by Crippen LogP contribution is 3.01. The molecule has 132 valence electrons. The lowest BCUT2D eigenvalue weighted by Crippen LogP contribution is -2.17. The van der Waals surface area contributed by atoms with Crippen molar-refractivity contribution >= 4 is 41.9 Å². The summed E-state index contributed by atoms with van der Waals surface area (Å²) < 4.78 is 108. The van der Waals surface area contributed by atoms with Gasteiger partial charge in [0.05, 0.1) is 10.7 Å². The van der Waals surface area contributed by atoms with E-state index in [1.807, 2.05) is 6.92 Å². The number of rotatable bonds is 2. The molecule has 0 rings (SSSR count). The molecule has 14 heteroatoms. The summed E-state index contributed by atoms with van der Waals surface area (Å²) in [6.45, 7) is 6.12. The van der Waals surface area contributed by atoms with Gasteiger partial charge in [0, 0.05) is 5.38 Å². The highest BCUT2D eigenvalue weighted by atomic mass is 35.7. The molecule has 0 heterocycles. The SMILES string of the molecule is C=CC.CC(Cl)CS(F)(F)(F)(F)F.FS(F)(F)(F)(F)Cl. The van der Waals surface area contributed by atoms with Crippen molar-refractivity contribution < 1.29 is 38.9 Å². The Balaban J connectivity index is -0.000000251. The smallest absolute Gasteiger partial charge is 0.122 e. The van der Waals surface area contributed by atoms with Crippen molar-refractivity contribution in [3.05, 3.63) is 12.7 Å². The Morgan fingerprint density at radius 2 is 1.10 bits per heavy atom. The average molecular weight is 409 g/mol. The molecule has 0 amide bonds. The summed E-state index contributed by atoms with van der Waals surface area (Å²) in [7, 11) is -15.9. The molecule has 0 bridgehead atoms. The summed E-state index contributed by atoms with van der Waals surface area (Å²) >= 11 is 4.77. The Hall–Kier alpha value is 0.320. The van der Waals surface area contributed by atoms with Gasteiger partial charge in [0.1, 0.15) is 5.75 Å². The normalized spacial score (nSPS) is 20.3. The maximum absolute atomic E-state index is 11.4. The molecule has 0 N–H and O–H groups in total. The van der Waals surface area contributed by atoms with Gasteiger partial charge in [-0.2, -0.15) is 0 Å². The Bertz CT molecular complexity index is 312. The fraction of sp³-hybridized carbons (Fsp3) is 0.667. The summed E-state index contributed by atoms with van der Waals surface area (Å²) in [5, 5.41) is -1.57. The van der Waals surface area contributed by atoms with Crippen LogP contribution in [0.4, 0.5) is 38.9 Å². The molecule has 0 nitrogen and oxygen atoms in total. The van der Waals surface area contributed by atoms with E-state index in [0.717, 1.165) is 6.92 Å². The van der Waals surface area contributed by atoms with Gasteiger partial charge in [0.2, 0.25) is 0 Å². The highest BCUT2D eigenvalue weighted by molar-refractivity contribution is 8.62. The Morgan fingerprint density at radius 3 is 1.10 bits per heavy atom. The van der Waals surface area contributed by atoms with E-state index in [9.17, 15) is 38.9 Å². The molecule has 0 aromatic heterocycles. The molecule has 0 aromatic carbocycles. The van der Waals surface area contributed by atoms with Crippen LogP contribution in [-0.2, 0) is 0 Å². The summed E-state index contributed by atoms with van der Waals surface area (Å²) in [6.07, 6.45) is 1.75. The van der Waals surface area contributed by atoms with Crippen LogP contribution in [0.3, 0.4) is 0 Å². The monoisotopic (exact) mass is 408 g/mol. The van der Waals surface area contributed by atoms with Gasteiger partial charge in [-0.25, -0.2) is 0 Å². The summed E-state index contributed by atoms with van der Waals surface area (Å²) in [6, 6.07) is 0. The summed E-state index contributed by atoms with van der Waals surface area (Å²) in [5.41, 5.74) is 0. The number of hydrogen-bond donors (Lipinski definition) is 0. The van der Waals surface area contributed by atoms with Gasteiger partial charge >= 0.3 is 9.44 Å². The maximum atomic E-state index is 11.4. The van der Waals surface area contributed by atoms with E-state index in [-0.39, 0.29) is 0 Å². The predicted molar refractivity (Wildman–Crippen MR) is 68.2 cm³/mol. The molecule has 0 fully saturated rings. The first-order valence-electron chi connectivity index (χ1n) is 4.18. The minimum atomic E-state index is -9.50. The summed E-state index contributed by atoms with van der Waals surface area (Å²) in [5.74, 6) is -2.19. The molecule has 0 saturated carbocycles. The molecular formula is C6H12Cl2F10S2. The van der Waals surface area contributed by atoms with Crippen LogP contribution in [0.25, 0.3) is 0 Å². The fourth-order valence-electron chi connectivity index (χ4n) is 0.434. The van der Waals surface area contributed by atoms with Crippen LogP contribution < -0.4 is 0 Å². The van der Waals surface area contributed by atoms with Crippen molar-refractivity contribution in [2.45, 2.75) is 19.2 Å². The molecule has 0 aliphatic rings. The first-order chi connectivity index (χ1) is 7.76. The van der Waals surface area contributed by atoms with Crippen LogP contribution in [0.1, 0.15) is 13.8 Å². The number of hydrogen-bond acceptors (Lipinski definition) is 0. The quantitative estimate of drug-likeness (QED) is 0.244. The molecule has 0 aliphatic heterocycles. The van der Waals surface area contributed by atoms with Crippen LogP contribution >= 0.6 is 41.9 Å². The molecule has 0 saturated heterocycles. The highest BCUT2D eigenvalue weighted by Gasteiger charge is 2.63. The molecule has 0 radical (unpaired) electrons. The topological polar surface area (TPSA) is 0 Å². The van der Waals surface area contributed by atoms with E-state index in [1.54, 1.807) is 6.08 Å². The number of halogens is 12. The van der Waals surface area contributed by atoms with E-state index in [2.05, 4.69) is 17.3 Å². The molecule has 0 aliphatic carbocycles. The number of alkyl halides is 1. The zero-order valence-electron chi connectivity index (χ0n) is 9.92. The van der Waals surface area contributed by atoms with E-state index in [0.29, 0.717) is 0 Å². The zero-order chi connectivity index (χ0) is 17.8. The van der Waals surface area contributed by atoms with Crippen LogP contribution in [0.15, 0.2) is 12.7 Å². The lowest BCUT2D eigenvalue weighted by molar-refractivity contribution is 0.363. The Labute approximate surface area is 119 Å². The lowest BCUT2D eigenvalue weighted by atomic mass is 10.6.